The number of rotatable bonds is 4. The van der Waals surface area contributed by atoms with Gasteiger partial charge in [-0.3, -0.25) is 4.79 Å². The van der Waals surface area contributed by atoms with Crippen molar-refractivity contribution in [3.63, 3.8) is 0 Å². The zero-order chi connectivity index (χ0) is 22.9. The lowest BCUT2D eigenvalue weighted by Crippen LogP contribution is -2.31. The monoisotopic (exact) mass is 476 g/mol. The molecule has 0 spiro atoms. The summed E-state index contributed by atoms with van der Waals surface area (Å²) in [6.45, 7) is 1.82. The van der Waals surface area contributed by atoms with E-state index in [0.717, 1.165) is 5.56 Å². The molecule has 9 heteroatoms. The summed E-state index contributed by atoms with van der Waals surface area (Å²) in [5.41, 5.74) is 2.62. The third-order valence-corrected chi connectivity index (χ3v) is 5.86. The second-order valence-electron chi connectivity index (χ2n) is 7.47. The summed E-state index contributed by atoms with van der Waals surface area (Å²) >= 11 is 12.7. The third kappa shape index (κ3) is 4.08. The number of anilines is 2. The average molecular weight is 477 g/mol. The number of amides is 1. The first kappa shape index (κ1) is 21.2. The molecule has 1 atom stereocenters. The predicted molar refractivity (Wildman–Crippen MR) is 129 cm³/mol. The Morgan fingerprint density at radius 2 is 1.85 bits per heavy atom. The molecule has 4 aromatic rings. The maximum absolute atomic E-state index is 13.4. The van der Waals surface area contributed by atoms with Crippen molar-refractivity contribution in [1.82, 2.24) is 19.7 Å². The number of aromatic nitrogens is 4. The molecule has 164 valence electrons. The van der Waals surface area contributed by atoms with Crippen molar-refractivity contribution < 1.29 is 4.79 Å². The third-order valence-electron chi connectivity index (χ3n) is 5.29. The molecule has 2 N–H and O–H groups in total. The molecule has 1 amide bonds. The number of pyridine rings is 1. The van der Waals surface area contributed by atoms with Gasteiger partial charge in [0, 0.05) is 33.1 Å². The van der Waals surface area contributed by atoms with Crippen molar-refractivity contribution in [3.8, 4) is 11.4 Å². The SMILES string of the molecule is CC1=C(C(=O)Nc2ccccn2)C(c2ccc(Cl)cc2Cl)n2nc(-c3ccccc3)nc2N1. The second kappa shape index (κ2) is 8.69. The first-order valence-corrected chi connectivity index (χ1v) is 10.9. The lowest BCUT2D eigenvalue weighted by molar-refractivity contribution is -0.113. The van der Waals surface area contributed by atoms with Crippen LogP contribution in [0.15, 0.2) is 84.2 Å². The lowest BCUT2D eigenvalue weighted by Gasteiger charge is -2.29. The number of allylic oxidation sites excluding steroid dienone is 1. The number of hydrogen-bond acceptors (Lipinski definition) is 5. The van der Waals surface area contributed by atoms with Crippen LogP contribution in [0.1, 0.15) is 18.5 Å². The van der Waals surface area contributed by atoms with Gasteiger partial charge in [-0.25, -0.2) is 9.67 Å². The molecular weight excluding hydrogens is 459 g/mol. The fourth-order valence-electron chi connectivity index (χ4n) is 3.79. The van der Waals surface area contributed by atoms with Gasteiger partial charge in [0.15, 0.2) is 5.82 Å². The van der Waals surface area contributed by atoms with E-state index in [2.05, 4.69) is 20.6 Å². The van der Waals surface area contributed by atoms with Crippen LogP contribution in [0.2, 0.25) is 10.0 Å². The Labute approximate surface area is 200 Å². The van der Waals surface area contributed by atoms with Crippen LogP contribution in [0.4, 0.5) is 11.8 Å². The molecule has 0 radical (unpaired) electrons. The molecule has 0 bridgehead atoms. The van der Waals surface area contributed by atoms with Gasteiger partial charge in [-0.05, 0) is 31.2 Å². The smallest absolute Gasteiger partial charge is 0.257 e. The molecule has 3 heterocycles. The minimum Gasteiger partial charge on any atom is -0.328 e. The van der Waals surface area contributed by atoms with Gasteiger partial charge in [-0.1, -0.05) is 65.7 Å². The van der Waals surface area contributed by atoms with E-state index in [0.29, 0.717) is 44.5 Å². The fourth-order valence-corrected chi connectivity index (χ4v) is 4.30. The van der Waals surface area contributed by atoms with Crippen LogP contribution < -0.4 is 10.6 Å². The molecule has 0 fully saturated rings. The molecule has 7 nitrogen and oxygen atoms in total. The number of halogens is 2. The van der Waals surface area contributed by atoms with Gasteiger partial charge in [0.25, 0.3) is 5.91 Å². The van der Waals surface area contributed by atoms with Gasteiger partial charge in [-0.15, -0.1) is 5.10 Å². The average Bonchev–Trinajstić information content (AvgIpc) is 3.23. The first-order chi connectivity index (χ1) is 16.0. The van der Waals surface area contributed by atoms with E-state index in [4.69, 9.17) is 28.3 Å². The van der Waals surface area contributed by atoms with E-state index in [1.54, 1.807) is 47.3 Å². The number of nitrogens with zero attached hydrogens (tertiary/aromatic N) is 4. The summed E-state index contributed by atoms with van der Waals surface area (Å²) in [6.07, 6.45) is 1.62. The quantitative estimate of drug-likeness (QED) is 0.401. The normalized spacial score (nSPS) is 15.1. The lowest BCUT2D eigenvalue weighted by atomic mass is 9.95. The van der Waals surface area contributed by atoms with Gasteiger partial charge in [0.1, 0.15) is 11.9 Å². The molecule has 1 aliphatic rings. The highest BCUT2D eigenvalue weighted by atomic mass is 35.5. The van der Waals surface area contributed by atoms with E-state index in [9.17, 15) is 4.79 Å². The topological polar surface area (TPSA) is 84.7 Å². The maximum Gasteiger partial charge on any atom is 0.257 e. The number of hydrogen-bond donors (Lipinski definition) is 2. The highest BCUT2D eigenvalue weighted by molar-refractivity contribution is 6.35. The van der Waals surface area contributed by atoms with Crippen LogP contribution in [0.5, 0.6) is 0 Å². The number of carbonyl (C=O) groups is 1. The Hall–Kier alpha value is -3.68. The molecule has 1 aliphatic heterocycles. The highest BCUT2D eigenvalue weighted by Gasteiger charge is 2.35. The molecule has 1 unspecified atom stereocenters. The van der Waals surface area contributed by atoms with E-state index >= 15 is 0 Å². The fraction of sp³-hybridized carbons (Fsp3) is 0.0833. The van der Waals surface area contributed by atoms with E-state index in [1.807, 2.05) is 37.3 Å². The number of nitrogens with one attached hydrogen (secondary N) is 2. The van der Waals surface area contributed by atoms with Crippen molar-refractivity contribution in [2.24, 2.45) is 0 Å². The number of fused-ring (bicyclic) bond motifs is 1. The standard InChI is InChI=1S/C24H18Cl2N6O/c1-14-20(23(33)29-19-9-5-6-12-27-19)21(17-11-10-16(25)13-18(17)26)32-24(28-14)30-22(31-32)15-7-3-2-4-8-15/h2-13,21H,1H3,(H,27,29,33)(H,28,30,31). The van der Waals surface area contributed by atoms with Crippen LogP contribution in [0, 0.1) is 0 Å². The van der Waals surface area contributed by atoms with E-state index in [-0.39, 0.29) is 5.91 Å². The Kier molecular flexibility index (Phi) is 5.58. The minimum absolute atomic E-state index is 0.322. The molecule has 0 saturated heterocycles. The summed E-state index contributed by atoms with van der Waals surface area (Å²) in [5, 5.41) is 11.7. The molecular formula is C24H18Cl2N6O. The molecule has 0 saturated carbocycles. The summed E-state index contributed by atoms with van der Waals surface area (Å²) in [7, 11) is 0. The van der Waals surface area contributed by atoms with Crippen LogP contribution in [-0.4, -0.2) is 25.7 Å². The summed E-state index contributed by atoms with van der Waals surface area (Å²) in [6, 6.07) is 19.5. The van der Waals surface area contributed by atoms with Gasteiger partial charge in [0.05, 0.1) is 5.57 Å². The molecule has 2 aromatic carbocycles. The van der Waals surface area contributed by atoms with Crippen molar-refractivity contribution >= 4 is 40.9 Å². The van der Waals surface area contributed by atoms with Gasteiger partial charge < -0.3 is 10.6 Å². The molecule has 5 rings (SSSR count). The van der Waals surface area contributed by atoms with Crippen molar-refractivity contribution in [2.45, 2.75) is 13.0 Å². The Morgan fingerprint density at radius 3 is 2.58 bits per heavy atom. The number of benzene rings is 2. The van der Waals surface area contributed by atoms with Crippen LogP contribution in [-0.2, 0) is 4.79 Å². The van der Waals surface area contributed by atoms with E-state index < -0.39 is 6.04 Å². The van der Waals surface area contributed by atoms with Crippen LogP contribution in [0.3, 0.4) is 0 Å². The minimum atomic E-state index is -0.625. The summed E-state index contributed by atoms with van der Waals surface area (Å²) in [4.78, 5) is 22.3. The first-order valence-electron chi connectivity index (χ1n) is 10.2. The predicted octanol–water partition coefficient (Wildman–Crippen LogP) is 5.57. The van der Waals surface area contributed by atoms with E-state index in [1.165, 1.54) is 0 Å². The molecule has 33 heavy (non-hydrogen) atoms. The molecule has 2 aromatic heterocycles. The Bertz CT molecular complexity index is 1370. The van der Waals surface area contributed by atoms with Crippen molar-refractivity contribution in [1.29, 1.82) is 0 Å². The largest absolute Gasteiger partial charge is 0.328 e. The van der Waals surface area contributed by atoms with Gasteiger partial charge >= 0.3 is 0 Å². The maximum atomic E-state index is 13.4. The zero-order valence-corrected chi connectivity index (χ0v) is 19.0. The van der Waals surface area contributed by atoms with Gasteiger partial charge in [-0.2, -0.15) is 4.98 Å². The van der Waals surface area contributed by atoms with Crippen LogP contribution >= 0.6 is 23.2 Å². The van der Waals surface area contributed by atoms with Gasteiger partial charge in [0.2, 0.25) is 5.95 Å². The highest BCUT2D eigenvalue weighted by Crippen LogP contribution is 2.40. The summed E-state index contributed by atoms with van der Waals surface area (Å²) < 4.78 is 1.68. The Morgan fingerprint density at radius 1 is 1.06 bits per heavy atom. The summed E-state index contributed by atoms with van der Waals surface area (Å²) in [5.74, 6) is 1.17. The van der Waals surface area contributed by atoms with Crippen molar-refractivity contribution in [3.05, 3.63) is 99.8 Å². The van der Waals surface area contributed by atoms with Crippen LogP contribution in [0.25, 0.3) is 11.4 Å². The zero-order valence-electron chi connectivity index (χ0n) is 17.5. The second-order valence-corrected chi connectivity index (χ2v) is 8.31. The van der Waals surface area contributed by atoms with Crippen molar-refractivity contribution in [2.75, 3.05) is 10.6 Å². The number of carbonyl (C=O) groups excluding carboxylic acids is 1. The molecule has 0 aliphatic carbocycles. The Balaban J connectivity index is 1.64.